The SMILES string of the molecule is CC/C=C\C/C=C\C/C=C\C/C=C\CCCCCCCCCCCCC(=O)OC(COCCCCCCCCCCCCC)COC1OC(CO)C(O)C(O)C1O. The van der Waals surface area contributed by atoms with Crippen molar-refractivity contribution in [2.24, 2.45) is 0 Å². The molecule has 0 amide bonds. The smallest absolute Gasteiger partial charge is 0.306 e. The van der Waals surface area contributed by atoms with Crippen molar-refractivity contribution in [3.8, 4) is 0 Å². The van der Waals surface area contributed by atoms with Crippen molar-refractivity contribution in [3.63, 3.8) is 0 Å². The summed E-state index contributed by atoms with van der Waals surface area (Å²) in [5, 5.41) is 40.1. The van der Waals surface area contributed by atoms with Crippen LogP contribution in [-0.2, 0) is 23.7 Å². The quantitative estimate of drug-likeness (QED) is 0.0272. The number of ether oxygens (including phenoxy) is 4. The zero-order chi connectivity index (χ0) is 41.4. The summed E-state index contributed by atoms with van der Waals surface area (Å²) in [6.45, 7) is 4.44. The lowest BCUT2D eigenvalue weighted by molar-refractivity contribution is -0.305. The lowest BCUT2D eigenvalue weighted by atomic mass is 9.99. The van der Waals surface area contributed by atoms with E-state index in [1.807, 2.05) is 0 Å². The Hall–Kier alpha value is -1.85. The fraction of sp³-hybridized carbons (Fsp3) is 0.812. The van der Waals surface area contributed by atoms with Gasteiger partial charge in [0.1, 0.15) is 30.5 Å². The van der Waals surface area contributed by atoms with Gasteiger partial charge >= 0.3 is 5.97 Å². The van der Waals surface area contributed by atoms with E-state index in [0.717, 1.165) is 57.8 Å². The minimum atomic E-state index is -1.54. The van der Waals surface area contributed by atoms with Crippen molar-refractivity contribution < 1.29 is 44.2 Å². The van der Waals surface area contributed by atoms with Gasteiger partial charge in [0.15, 0.2) is 6.29 Å². The largest absolute Gasteiger partial charge is 0.457 e. The molecule has 9 heteroatoms. The molecule has 0 radical (unpaired) electrons. The predicted molar refractivity (Wildman–Crippen MR) is 233 cm³/mol. The van der Waals surface area contributed by atoms with Gasteiger partial charge in [0.2, 0.25) is 0 Å². The van der Waals surface area contributed by atoms with Crippen LogP contribution in [0.1, 0.15) is 187 Å². The number of aliphatic hydroxyl groups is 4. The van der Waals surface area contributed by atoms with E-state index in [4.69, 9.17) is 18.9 Å². The third-order valence-electron chi connectivity index (χ3n) is 10.5. The molecular formula is C48H86O9. The van der Waals surface area contributed by atoms with Gasteiger partial charge in [-0.2, -0.15) is 0 Å². The van der Waals surface area contributed by atoms with Gasteiger partial charge in [-0.25, -0.2) is 0 Å². The molecule has 57 heavy (non-hydrogen) atoms. The summed E-state index contributed by atoms with van der Waals surface area (Å²) >= 11 is 0. The summed E-state index contributed by atoms with van der Waals surface area (Å²) < 4.78 is 22.8. The van der Waals surface area contributed by atoms with Crippen LogP contribution in [0.5, 0.6) is 0 Å². The molecule has 0 aliphatic carbocycles. The van der Waals surface area contributed by atoms with Crippen LogP contribution >= 0.6 is 0 Å². The van der Waals surface area contributed by atoms with Crippen molar-refractivity contribution in [1.82, 2.24) is 0 Å². The molecule has 0 spiro atoms. The first-order chi connectivity index (χ1) is 27.9. The second-order valence-electron chi connectivity index (χ2n) is 15.8. The number of carbonyl (C=O) groups excluding carboxylic acids is 1. The van der Waals surface area contributed by atoms with Crippen LogP contribution < -0.4 is 0 Å². The van der Waals surface area contributed by atoms with E-state index in [9.17, 15) is 25.2 Å². The average molecular weight is 807 g/mol. The standard InChI is InChI=1S/C48H86O9/c1-3-5-7-9-11-13-15-16-17-18-19-20-21-22-23-24-25-26-27-29-31-33-35-37-44(50)56-42(41-55-48-47(53)46(52)45(51)43(39-49)57-48)40-54-38-36-34-32-30-28-14-12-10-8-6-4-2/h5,7,11,13,16-17,19-20,42-43,45-49,51-53H,3-4,6,8-10,12,14-15,18,21-41H2,1-2H3/b7-5-,13-11-,17-16-,20-19-. The maximum Gasteiger partial charge on any atom is 0.306 e. The van der Waals surface area contributed by atoms with Crippen molar-refractivity contribution >= 4 is 5.97 Å². The topological polar surface area (TPSA) is 135 Å². The number of hydrogen-bond acceptors (Lipinski definition) is 9. The lowest BCUT2D eigenvalue weighted by Gasteiger charge is -2.39. The summed E-state index contributed by atoms with van der Waals surface area (Å²) in [5.74, 6) is -0.319. The summed E-state index contributed by atoms with van der Waals surface area (Å²) in [4.78, 5) is 12.8. The first kappa shape index (κ1) is 53.2. The lowest BCUT2D eigenvalue weighted by Crippen LogP contribution is -2.59. The molecule has 6 unspecified atom stereocenters. The van der Waals surface area contributed by atoms with Crippen LogP contribution in [0.3, 0.4) is 0 Å². The van der Waals surface area contributed by atoms with Crippen molar-refractivity contribution in [2.45, 2.75) is 224 Å². The third kappa shape index (κ3) is 30.8. The van der Waals surface area contributed by atoms with Crippen LogP contribution in [0.4, 0.5) is 0 Å². The number of unbranched alkanes of at least 4 members (excludes halogenated alkanes) is 20. The molecule has 1 saturated heterocycles. The molecule has 332 valence electrons. The van der Waals surface area contributed by atoms with E-state index in [2.05, 4.69) is 62.5 Å². The zero-order valence-corrected chi connectivity index (χ0v) is 36.3. The highest BCUT2D eigenvalue weighted by Crippen LogP contribution is 2.22. The molecule has 0 aromatic rings. The molecule has 1 fully saturated rings. The van der Waals surface area contributed by atoms with E-state index in [0.29, 0.717) is 13.0 Å². The van der Waals surface area contributed by atoms with Gasteiger partial charge in [0.05, 0.1) is 19.8 Å². The maximum atomic E-state index is 12.8. The van der Waals surface area contributed by atoms with Crippen molar-refractivity contribution in [3.05, 3.63) is 48.6 Å². The second-order valence-corrected chi connectivity index (χ2v) is 15.8. The number of carbonyl (C=O) groups is 1. The molecule has 9 nitrogen and oxygen atoms in total. The highest BCUT2D eigenvalue weighted by Gasteiger charge is 2.44. The van der Waals surface area contributed by atoms with Crippen LogP contribution in [0.25, 0.3) is 0 Å². The number of aliphatic hydroxyl groups excluding tert-OH is 4. The number of esters is 1. The Kier molecular flexibility index (Phi) is 36.9. The Balaban J connectivity index is 2.20. The van der Waals surface area contributed by atoms with E-state index < -0.39 is 43.4 Å². The molecule has 0 aromatic heterocycles. The first-order valence-electron chi connectivity index (χ1n) is 23.2. The van der Waals surface area contributed by atoms with Gasteiger partial charge in [0.25, 0.3) is 0 Å². The van der Waals surface area contributed by atoms with E-state index in [1.54, 1.807) is 0 Å². The Labute approximate surface area is 348 Å². The molecule has 4 N–H and O–H groups in total. The zero-order valence-electron chi connectivity index (χ0n) is 36.3. The predicted octanol–water partition coefficient (Wildman–Crippen LogP) is 10.5. The van der Waals surface area contributed by atoms with Gasteiger partial charge in [0, 0.05) is 13.0 Å². The third-order valence-corrected chi connectivity index (χ3v) is 10.5. The van der Waals surface area contributed by atoms with Gasteiger partial charge < -0.3 is 39.4 Å². The van der Waals surface area contributed by atoms with Crippen LogP contribution in [0.2, 0.25) is 0 Å². The molecule has 0 bridgehead atoms. The summed E-state index contributed by atoms with van der Waals surface area (Å²) in [6, 6.07) is 0. The molecule has 1 aliphatic heterocycles. The van der Waals surface area contributed by atoms with Gasteiger partial charge in [-0.15, -0.1) is 0 Å². The first-order valence-corrected chi connectivity index (χ1v) is 23.2. The Morgan fingerprint density at radius 2 is 1.07 bits per heavy atom. The van der Waals surface area contributed by atoms with Crippen LogP contribution in [0, 0.1) is 0 Å². The number of hydrogen-bond donors (Lipinski definition) is 4. The van der Waals surface area contributed by atoms with Crippen molar-refractivity contribution in [1.29, 1.82) is 0 Å². The fourth-order valence-corrected chi connectivity index (χ4v) is 6.89. The molecule has 0 aromatic carbocycles. The minimum absolute atomic E-state index is 0.114. The number of rotatable bonds is 39. The fourth-order valence-electron chi connectivity index (χ4n) is 6.89. The Bertz CT molecular complexity index is 1010. The van der Waals surface area contributed by atoms with E-state index in [1.165, 1.54) is 109 Å². The van der Waals surface area contributed by atoms with Crippen molar-refractivity contribution in [2.75, 3.05) is 26.4 Å². The normalized spacial score (nSPS) is 20.8. The van der Waals surface area contributed by atoms with Crippen LogP contribution in [-0.4, -0.2) is 89.6 Å². The van der Waals surface area contributed by atoms with E-state index in [-0.39, 0.29) is 19.2 Å². The van der Waals surface area contributed by atoms with Crippen LogP contribution in [0.15, 0.2) is 48.6 Å². The number of allylic oxidation sites excluding steroid dienone is 8. The average Bonchev–Trinajstić information content (AvgIpc) is 3.21. The molecule has 0 saturated carbocycles. The highest BCUT2D eigenvalue weighted by atomic mass is 16.7. The van der Waals surface area contributed by atoms with Gasteiger partial charge in [-0.3, -0.25) is 4.79 Å². The minimum Gasteiger partial charge on any atom is -0.457 e. The highest BCUT2D eigenvalue weighted by molar-refractivity contribution is 5.69. The molecular weight excluding hydrogens is 721 g/mol. The molecule has 1 heterocycles. The monoisotopic (exact) mass is 807 g/mol. The summed E-state index contributed by atoms with van der Waals surface area (Å²) in [7, 11) is 0. The Morgan fingerprint density at radius 3 is 1.61 bits per heavy atom. The maximum absolute atomic E-state index is 12.8. The van der Waals surface area contributed by atoms with Gasteiger partial charge in [-0.1, -0.05) is 178 Å². The summed E-state index contributed by atoms with van der Waals surface area (Å²) in [6.07, 6.45) is 41.4. The Morgan fingerprint density at radius 1 is 0.579 bits per heavy atom. The summed E-state index contributed by atoms with van der Waals surface area (Å²) in [5.41, 5.74) is 0. The molecule has 1 aliphatic rings. The van der Waals surface area contributed by atoms with E-state index >= 15 is 0 Å². The second kappa shape index (κ2) is 39.6. The van der Waals surface area contributed by atoms with Gasteiger partial charge in [-0.05, 0) is 51.4 Å². The molecule has 1 rings (SSSR count). The molecule has 6 atom stereocenters.